The lowest BCUT2D eigenvalue weighted by Crippen LogP contribution is -2.41. The molecule has 2 N–H and O–H groups in total. The average Bonchev–Trinajstić information content (AvgIpc) is 1.84. The Hall–Kier alpha value is -0.590. The third kappa shape index (κ3) is 2.49. The summed E-state index contributed by atoms with van der Waals surface area (Å²) in [5, 5.41) is 8.54. The summed E-state index contributed by atoms with van der Waals surface area (Å²) in [5.41, 5.74) is 4.75. The van der Waals surface area contributed by atoms with Crippen molar-refractivity contribution in [2.75, 3.05) is 6.61 Å². The van der Waals surface area contributed by atoms with Crippen LogP contribution in [-0.4, -0.2) is 18.2 Å². The van der Waals surface area contributed by atoms with Gasteiger partial charge in [-0.1, -0.05) is 0 Å². The SMILES string of the molecule is CC(N)(C#N)COC1CCC1. The molecule has 0 radical (unpaired) electrons. The van der Waals surface area contributed by atoms with Crippen molar-refractivity contribution in [3.05, 3.63) is 0 Å². The first kappa shape index (κ1) is 8.51. The van der Waals surface area contributed by atoms with Crippen LogP contribution in [0.3, 0.4) is 0 Å². The van der Waals surface area contributed by atoms with E-state index in [1.807, 2.05) is 6.07 Å². The second-order valence-electron chi connectivity index (χ2n) is 3.39. The van der Waals surface area contributed by atoms with Crippen LogP contribution in [0.15, 0.2) is 0 Å². The van der Waals surface area contributed by atoms with Gasteiger partial charge < -0.3 is 10.5 Å². The molecule has 1 atom stereocenters. The number of nitriles is 1. The minimum atomic E-state index is -0.810. The topological polar surface area (TPSA) is 59.0 Å². The van der Waals surface area contributed by atoms with Gasteiger partial charge in [-0.05, 0) is 26.2 Å². The van der Waals surface area contributed by atoms with Crippen molar-refractivity contribution in [2.24, 2.45) is 5.73 Å². The highest BCUT2D eigenvalue weighted by atomic mass is 16.5. The van der Waals surface area contributed by atoms with Crippen LogP contribution in [0.4, 0.5) is 0 Å². The van der Waals surface area contributed by atoms with Crippen molar-refractivity contribution in [3.8, 4) is 6.07 Å². The summed E-state index contributed by atoms with van der Waals surface area (Å²) in [7, 11) is 0. The third-order valence-electron chi connectivity index (χ3n) is 1.93. The van der Waals surface area contributed by atoms with Gasteiger partial charge in [0, 0.05) is 0 Å². The lowest BCUT2D eigenvalue weighted by Gasteiger charge is -2.28. The smallest absolute Gasteiger partial charge is 0.125 e. The van der Waals surface area contributed by atoms with Crippen molar-refractivity contribution < 1.29 is 4.74 Å². The first-order chi connectivity index (χ1) is 5.14. The number of hydrogen-bond donors (Lipinski definition) is 1. The quantitative estimate of drug-likeness (QED) is 0.654. The molecular formula is C8H14N2O. The lowest BCUT2D eigenvalue weighted by molar-refractivity contribution is -0.0111. The van der Waals surface area contributed by atoms with E-state index in [0.717, 1.165) is 12.8 Å². The Bertz CT molecular complexity index is 167. The van der Waals surface area contributed by atoms with Crippen LogP contribution in [-0.2, 0) is 4.74 Å². The Kier molecular flexibility index (Phi) is 2.48. The predicted octanol–water partition coefficient (Wildman–Crippen LogP) is 0.796. The minimum Gasteiger partial charge on any atom is -0.375 e. The molecule has 3 nitrogen and oxygen atoms in total. The number of rotatable bonds is 3. The molecule has 0 aromatic carbocycles. The molecule has 1 rings (SSSR count). The van der Waals surface area contributed by atoms with Crippen molar-refractivity contribution in [3.63, 3.8) is 0 Å². The van der Waals surface area contributed by atoms with Crippen LogP contribution in [0, 0.1) is 11.3 Å². The first-order valence-corrected chi connectivity index (χ1v) is 3.96. The van der Waals surface area contributed by atoms with E-state index in [-0.39, 0.29) is 0 Å². The van der Waals surface area contributed by atoms with Gasteiger partial charge in [-0.15, -0.1) is 0 Å². The number of ether oxygens (including phenoxy) is 1. The van der Waals surface area contributed by atoms with Crippen LogP contribution in [0.2, 0.25) is 0 Å². The van der Waals surface area contributed by atoms with Crippen LogP contribution in [0.5, 0.6) is 0 Å². The maximum atomic E-state index is 8.54. The van der Waals surface area contributed by atoms with Crippen LogP contribution >= 0.6 is 0 Å². The Morgan fingerprint density at radius 2 is 2.36 bits per heavy atom. The monoisotopic (exact) mass is 154 g/mol. The molecule has 1 aliphatic carbocycles. The summed E-state index contributed by atoms with van der Waals surface area (Å²) >= 11 is 0. The van der Waals surface area contributed by atoms with E-state index in [9.17, 15) is 0 Å². The molecule has 1 fully saturated rings. The number of hydrogen-bond acceptors (Lipinski definition) is 3. The summed E-state index contributed by atoms with van der Waals surface area (Å²) < 4.78 is 5.39. The summed E-state index contributed by atoms with van der Waals surface area (Å²) in [6.07, 6.45) is 3.87. The van der Waals surface area contributed by atoms with Gasteiger partial charge in [0.2, 0.25) is 0 Å². The summed E-state index contributed by atoms with van der Waals surface area (Å²) in [6.45, 7) is 2.04. The molecule has 1 aliphatic rings. The Labute approximate surface area is 67.1 Å². The van der Waals surface area contributed by atoms with Gasteiger partial charge in [0.25, 0.3) is 0 Å². The molecule has 62 valence electrons. The molecule has 1 unspecified atom stereocenters. The molecule has 1 saturated carbocycles. The van der Waals surface area contributed by atoms with Crippen molar-refractivity contribution >= 4 is 0 Å². The second-order valence-corrected chi connectivity index (χ2v) is 3.39. The molecular weight excluding hydrogens is 140 g/mol. The molecule has 0 heterocycles. The highest BCUT2D eigenvalue weighted by Crippen LogP contribution is 2.22. The zero-order chi connectivity index (χ0) is 8.32. The molecule has 0 amide bonds. The first-order valence-electron chi connectivity index (χ1n) is 3.96. The van der Waals surface area contributed by atoms with Crippen molar-refractivity contribution in [1.29, 1.82) is 5.26 Å². The van der Waals surface area contributed by atoms with Crippen molar-refractivity contribution in [2.45, 2.75) is 37.8 Å². The highest BCUT2D eigenvalue weighted by molar-refractivity contribution is 5.01. The molecule has 0 saturated heterocycles. The van der Waals surface area contributed by atoms with Crippen molar-refractivity contribution in [1.82, 2.24) is 0 Å². The van der Waals surface area contributed by atoms with E-state index in [4.69, 9.17) is 15.7 Å². The normalized spacial score (nSPS) is 23.4. The molecule has 3 heteroatoms. The summed E-state index contributed by atoms with van der Waals surface area (Å²) in [5.74, 6) is 0. The maximum absolute atomic E-state index is 8.54. The predicted molar refractivity (Wildman–Crippen MR) is 41.8 cm³/mol. The van der Waals surface area contributed by atoms with Crippen LogP contribution in [0.25, 0.3) is 0 Å². The minimum absolute atomic E-state index is 0.355. The van der Waals surface area contributed by atoms with E-state index in [2.05, 4.69) is 0 Å². The van der Waals surface area contributed by atoms with Gasteiger partial charge in [-0.3, -0.25) is 0 Å². The third-order valence-corrected chi connectivity index (χ3v) is 1.93. The second kappa shape index (κ2) is 3.21. The standard InChI is InChI=1S/C8H14N2O/c1-8(10,5-9)6-11-7-3-2-4-7/h7H,2-4,6,10H2,1H3. The van der Waals surface area contributed by atoms with Crippen LogP contribution < -0.4 is 5.73 Å². The Morgan fingerprint density at radius 3 is 2.73 bits per heavy atom. The molecule has 0 aliphatic heterocycles. The van der Waals surface area contributed by atoms with Crippen LogP contribution in [0.1, 0.15) is 26.2 Å². The Morgan fingerprint density at radius 1 is 1.73 bits per heavy atom. The largest absolute Gasteiger partial charge is 0.375 e. The van der Waals surface area contributed by atoms with E-state index < -0.39 is 5.54 Å². The molecule has 0 aromatic heterocycles. The fraction of sp³-hybridized carbons (Fsp3) is 0.875. The zero-order valence-electron chi connectivity index (χ0n) is 6.84. The molecule has 0 bridgehead atoms. The van der Waals surface area contributed by atoms with E-state index in [0.29, 0.717) is 12.7 Å². The van der Waals surface area contributed by atoms with Gasteiger partial charge in [0.1, 0.15) is 5.54 Å². The van der Waals surface area contributed by atoms with E-state index in [1.165, 1.54) is 6.42 Å². The number of nitrogens with zero attached hydrogens (tertiary/aromatic N) is 1. The zero-order valence-corrected chi connectivity index (χ0v) is 6.84. The molecule has 0 spiro atoms. The van der Waals surface area contributed by atoms with Gasteiger partial charge in [0.05, 0.1) is 18.8 Å². The van der Waals surface area contributed by atoms with Gasteiger partial charge in [-0.2, -0.15) is 5.26 Å². The fourth-order valence-electron chi connectivity index (χ4n) is 0.861. The lowest BCUT2D eigenvalue weighted by atomic mass is 9.96. The fourth-order valence-corrected chi connectivity index (χ4v) is 0.861. The summed E-state index contributed by atoms with van der Waals surface area (Å²) in [4.78, 5) is 0. The highest BCUT2D eigenvalue weighted by Gasteiger charge is 2.23. The van der Waals surface area contributed by atoms with E-state index in [1.54, 1.807) is 6.92 Å². The van der Waals surface area contributed by atoms with Gasteiger partial charge in [0.15, 0.2) is 0 Å². The maximum Gasteiger partial charge on any atom is 0.125 e. The summed E-state index contributed by atoms with van der Waals surface area (Å²) in [6, 6.07) is 2.00. The molecule has 11 heavy (non-hydrogen) atoms. The Balaban J connectivity index is 2.16. The number of nitrogens with two attached hydrogens (primary N) is 1. The van der Waals surface area contributed by atoms with E-state index >= 15 is 0 Å². The molecule has 0 aromatic rings. The van der Waals surface area contributed by atoms with Gasteiger partial charge in [-0.25, -0.2) is 0 Å². The van der Waals surface area contributed by atoms with Gasteiger partial charge >= 0.3 is 0 Å². The average molecular weight is 154 g/mol.